The molecule has 1 spiro atoms. The summed E-state index contributed by atoms with van der Waals surface area (Å²) < 4.78 is 38.3. The van der Waals surface area contributed by atoms with Crippen molar-refractivity contribution in [2.75, 3.05) is 117 Å². The van der Waals surface area contributed by atoms with Gasteiger partial charge in [0, 0.05) is 49.7 Å². The lowest BCUT2D eigenvalue weighted by molar-refractivity contribution is -0.135. The number of para-hydroxylation sites is 1. The number of rotatable bonds is 26. The second kappa shape index (κ2) is 26.4. The van der Waals surface area contributed by atoms with Gasteiger partial charge in [-0.05, 0) is 74.6 Å². The first-order valence-corrected chi connectivity index (χ1v) is 21.6. The Labute approximate surface area is 350 Å². The Balaban J connectivity index is 0.846. The van der Waals surface area contributed by atoms with Crippen molar-refractivity contribution in [3.63, 3.8) is 0 Å². The van der Waals surface area contributed by atoms with Crippen molar-refractivity contribution in [3.05, 3.63) is 65.2 Å². The quantitative estimate of drug-likeness (QED) is 0.105. The van der Waals surface area contributed by atoms with Crippen LogP contribution in [0.3, 0.4) is 0 Å². The number of amides is 3. The Hall–Kier alpha value is -3.87. The third-order valence-corrected chi connectivity index (χ3v) is 11.3. The van der Waals surface area contributed by atoms with Gasteiger partial charge in [-0.2, -0.15) is 0 Å². The third kappa shape index (κ3) is 15.9. The Morgan fingerprint density at radius 2 is 1.14 bits per heavy atom. The van der Waals surface area contributed by atoms with E-state index in [1.165, 1.54) is 0 Å². The van der Waals surface area contributed by atoms with Crippen molar-refractivity contribution in [1.82, 2.24) is 10.2 Å². The first-order valence-electron chi connectivity index (χ1n) is 21.6. The molecule has 2 aliphatic heterocycles. The van der Waals surface area contributed by atoms with Crippen LogP contribution in [0.4, 0.5) is 5.69 Å². The van der Waals surface area contributed by atoms with Crippen LogP contribution >= 0.6 is 0 Å². The second-order valence-corrected chi connectivity index (χ2v) is 15.2. The van der Waals surface area contributed by atoms with E-state index in [1.807, 2.05) is 60.4 Å². The lowest BCUT2D eigenvalue weighted by Crippen LogP contribution is -2.46. The van der Waals surface area contributed by atoms with Gasteiger partial charge >= 0.3 is 0 Å². The fourth-order valence-corrected chi connectivity index (χ4v) is 7.78. The zero-order valence-corrected chi connectivity index (χ0v) is 35.1. The monoisotopic (exact) mass is 819 g/mol. The molecule has 2 fully saturated rings. The van der Waals surface area contributed by atoms with E-state index in [1.54, 1.807) is 4.90 Å². The van der Waals surface area contributed by atoms with Crippen molar-refractivity contribution in [2.45, 2.75) is 64.8 Å². The molecular formula is C46H65N3O10. The van der Waals surface area contributed by atoms with E-state index in [4.69, 9.17) is 33.2 Å². The number of hydrogen-bond acceptors (Lipinski definition) is 10. The Bertz CT molecular complexity index is 1630. The summed E-state index contributed by atoms with van der Waals surface area (Å²) in [5, 5.41) is 3.06. The molecule has 0 bridgehead atoms. The van der Waals surface area contributed by atoms with Gasteiger partial charge in [-0.15, -0.1) is 0 Å². The zero-order valence-electron chi connectivity index (χ0n) is 35.1. The summed E-state index contributed by atoms with van der Waals surface area (Å²) >= 11 is 0. The number of anilines is 1. The van der Waals surface area contributed by atoms with E-state index in [0.717, 1.165) is 74.0 Å². The molecule has 324 valence electrons. The van der Waals surface area contributed by atoms with Gasteiger partial charge in [0.1, 0.15) is 0 Å². The van der Waals surface area contributed by atoms with Gasteiger partial charge in [-0.3, -0.25) is 14.4 Å². The van der Waals surface area contributed by atoms with Gasteiger partial charge in [0.05, 0.1) is 105 Å². The number of benzene rings is 2. The predicted molar refractivity (Wildman–Crippen MR) is 224 cm³/mol. The van der Waals surface area contributed by atoms with E-state index in [9.17, 15) is 14.4 Å². The highest BCUT2D eigenvalue weighted by molar-refractivity contribution is 5.95. The minimum Gasteiger partial charge on any atom is -0.379 e. The number of likely N-dealkylation sites (tertiary alicyclic amines) is 1. The van der Waals surface area contributed by atoms with Crippen molar-refractivity contribution >= 4 is 23.4 Å². The lowest BCUT2D eigenvalue weighted by atomic mass is 9.65. The van der Waals surface area contributed by atoms with E-state index in [-0.39, 0.29) is 35.5 Å². The number of hydrogen-bond donors (Lipinski definition) is 1. The molecule has 2 aromatic carbocycles. The number of piperidine rings is 1. The molecule has 2 heterocycles. The predicted octanol–water partition coefficient (Wildman–Crippen LogP) is 4.76. The van der Waals surface area contributed by atoms with Crippen LogP contribution < -0.4 is 10.2 Å². The summed E-state index contributed by atoms with van der Waals surface area (Å²) in [4.78, 5) is 43.4. The molecule has 1 N–H and O–H groups in total. The highest BCUT2D eigenvalue weighted by Gasteiger charge is 2.40. The van der Waals surface area contributed by atoms with Crippen LogP contribution in [-0.4, -0.2) is 135 Å². The minimum absolute atomic E-state index is 0.0364. The molecular weight excluding hydrogens is 755 g/mol. The Kier molecular flexibility index (Phi) is 20.6. The van der Waals surface area contributed by atoms with Gasteiger partial charge in [0.2, 0.25) is 17.7 Å². The molecule has 2 aromatic rings. The molecule has 0 atom stereocenters. The molecule has 1 saturated carbocycles. The summed E-state index contributed by atoms with van der Waals surface area (Å²) in [6.07, 6.45) is 6.16. The van der Waals surface area contributed by atoms with Crippen LogP contribution in [0.25, 0.3) is 0 Å². The van der Waals surface area contributed by atoms with E-state index >= 15 is 0 Å². The molecule has 5 rings (SSSR count). The van der Waals surface area contributed by atoms with Gasteiger partial charge in [0.15, 0.2) is 0 Å². The molecule has 1 saturated heterocycles. The summed E-state index contributed by atoms with van der Waals surface area (Å²) in [6.45, 7) is 11.4. The van der Waals surface area contributed by atoms with Gasteiger partial charge in [-0.1, -0.05) is 42.2 Å². The fraction of sp³-hybridized carbons (Fsp3) is 0.630. The van der Waals surface area contributed by atoms with Crippen LogP contribution in [0.15, 0.2) is 48.5 Å². The van der Waals surface area contributed by atoms with Crippen LogP contribution in [0.2, 0.25) is 0 Å². The lowest BCUT2D eigenvalue weighted by Gasteiger charge is -2.45. The fourth-order valence-electron chi connectivity index (χ4n) is 7.78. The number of nitrogens with zero attached hydrogens (tertiary/aromatic N) is 2. The Morgan fingerprint density at radius 1 is 0.627 bits per heavy atom. The highest BCUT2D eigenvalue weighted by Crippen LogP contribution is 2.46. The van der Waals surface area contributed by atoms with Crippen LogP contribution in [0.1, 0.15) is 75.0 Å². The third-order valence-electron chi connectivity index (χ3n) is 11.3. The molecule has 0 aromatic heterocycles. The largest absolute Gasteiger partial charge is 0.379 e. The summed E-state index contributed by atoms with van der Waals surface area (Å²) in [7, 11) is 0. The second-order valence-electron chi connectivity index (χ2n) is 15.2. The Morgan fingerprint density at radius 3 is 1.73 bits per heavy atom. The number of fused-ring (bicyclic) bond motifs is 2. The van der Waals surface area contributed by atoms with E-state index in [0.29, 0.717) is 112 Å². The zero-order chi connectivity index (χ0) is 41.4. The van der Waals surface area contributed by atoms with E-state index in [2.05, 4.69) is 17.2 Å². The average molecular weight is 820 g/mol. The van der Waals surface area contributed by atoms with Crippen molar-refractivity contribution in [2.24, 2.45) is 11.3 Å². The molecule has 3 amide bonds. The van der Waals surface area contributed by atoms with Crippen molar-refractivity contribution in [1.29, 1.82) is 0 Å². The molecule has 59 heavy (non-hydrogen) atoms. The maximum absolute atomic E-state index is 13.6. The minimum atomic E-state index is -0.0440. The van der Waals surface area contributed by atoms with Crippen molar-refractivity contribution in [3.8, 4) is 11.8 Å². The van der Waals surface area contributed by atoms with Crippen LogP contribution in [-0.2, 0) is 54.1 Å². The van der Waals surface area contributed by atoms with E-state index < -0.39 is 0 Å². The summed E-state index contributed by atoms with van der Waals surface area (Å²) in [5.74, 6) is 6.57. The van der Waals surface area contributed by atoms with Gasteiger partial charge < -0.3 is 48.3 Å². The molecule has 0 unspecified atom stereocenters. The number of ether oxygens (including phenoxy) is 7. The molecule has 1 aliphatic carbocycles. The number of nitrogens with one attached hydrogen (secondary N) is 1. The van der Waals surface area contributed by atoms with Gasteiger partial charge in [0.25, 0.3) is 0 Å². The maximum atomic E-state index is 13.6. The topological polar surface area (TPSA) is 134 Å². The number of carbonyl (C=O) groups is 3. The SMILES string of the molecule is CCOCCOCCOCCOCCOCCOCCOCCC(=O)N1CCC2(CCC(C(=O)NCCC(=O)N3Cc4ccccc4C#Cc4ccccc43)CC2)CC1. The van der Waals surface area contributed by atoms with Crippen LogP contribution in [0.5, 0.6) is 0 Å². The normalized spacial score (nSPS) is 16.1. The molecule has 13 heteroatoms. The molecule has 0 radical (unpaired) electrons. The maximum Gasteiger partial charge on any atom is 0.229 e. The first-order chi connectivity index (χ1) is 29.0. The van der Waals surface area contributed by atoms with Gasteiger partial charge in [-0.25, -0.2) is 0 Å². The molecule has 13 nitrogen and oxygen atoms in total. The van der Waals surface area contributed by atoms with Crippen LogP contribution in [0, 0.1) is 23.2 Å². The highest BCUT2D eigenvalue weighted by atomic mass is 16.6. The first kappa shape index (κ1) is 46.2. The summed E-state index contributed by atoms with van der Waals surface area (Å²) in [6, 6.07) is 15.7. The smallest absolute Gasteiger partial charge is 0.229 e. The van der Waals surface area contributed by atoms with Crippen molar-refractivity contribution < 1.29 is 47.5 Å². The average Bonchev–Trinajstić information content (AvgIpc) is 3.25. The number of carbonyl (C=O) groups excluding carboxylic acids is 3. The standard InChI is InChI=1S/C46H65N3O10/c1-2-53-25-26-55-29-30-57-33-34-59-36-35-58-32-31-56-28-27-54-24-16-43(50)48-22-19-46(20-23-48)17-13-40(14-18-46)45(52)47-21-15-44(51)49-37-41-9-4-3-7-38(41)11-12-39-8-5-6-10-42(39)49/h3-10,40H,2,13-37H2,1H3,(H,47,52). The summed E-state index contributed by atoms with van der Waals surface area (Å²) in [5.41, 5.74) is 3.74. The molecule has 3 aliphatic rings.